The number of halogens is 1. The number of carbonyl (C=O) groups excluding carboxylic acids is 1. The summed E-state index contributed by atoms with van der Waals surface area (Å²) in [6.45, 7) is 1.92. The Labute approximate surface area is 150 Å². The van der Waals surface area contributed by atoms with E-state index in [0.717, 1.165) is 5.56 Å². The van der Waals surface area contributed by atoms with Crippen molar-refractivity contribution < 1.29 is 14.5 Å². The van der Waals surface area contributed by atoms with Gasteiger partial charge in [0.2, 0.25) is 5.91 Å². The van der Waals surface area contributed by atoms with Crippen molar-refractivity contribution in [2.75, 3.05) is 19.0 Å². The van der Waals surface area contributed by atoms with Crippen LogP contribution in [0.4, 0.5) is 11.4 Å². The van der Waals surface area contributed by atoms with Gasteiger partial charge >= 0.3 is 0 Å². The number of anilines is 1. The predicted molar refractivity (Wildman–Crippen MR) is 96.1 cm³/mol. The number of nitro benzene ring substituents is 1. The van der Waals surface area contributed by atoms with Gasteiger partial charge in [0.15, 0.2) is 0 Å². The van der Waals surface area contributed by atoms with E-state index in [4.69, 9.17) is 16.3 Å². The Kier molecular flexibility index (Phi) is 6.32. The molecular formula is C17H18ClN3O4. The summed E-state index contributed by atoms with van der Waals surface area (Å²) >= 11 is 5.85. The lowest BCUT2D eigenvalue weighted by Crippen LogP contribution is -2.30. The number of carbonyl (C=O) groups is 1. The second-order valence-electron chi connectivity index (χ2n) is 5.34. The van der Waals surface area contributed by atoms with Crippen molar-refractivity contribution >= 4 is 28.9 Å². The van der Waals surface area contributed by atoms with Gasteiger partial charge in [-0.25, -0.2) is 0 Å². The number of nitrogens with zero attached hydrogens (tertiary/aromatic N) is 1. The summed E-state index contributed by atoms with van der Waals surface area (Å²) in [5.41, 5.74) is 0.878. The first-order valence-corrected chi connectivity index (χ1v) is 7.89. The molecule has 0 aliphatic rings. The molecule has 1 atom stereocenters. The molecule has 1 amide bonds. The number of ether oxygens (including phenoxy) is 1. The molecule has 0 heterocycles. The largest absolute Gasteiger partial charge is 0.496 e. The molecule has 7 nitrogen and oxygen atoms in total. The van der Waals surface area contributed by atoms with Crippen LogP contribution < -0.4 is 15.4 Å². The normalized spacial score (nSPS) is 11.6. The van der Waals surface area contributed by atoms with Crippen LogP contribution in [0.15, 0.2) is 42.5 Å². The molecule has 25 heavy (non-hydrogen) atoms. The molecule has 0 bridgehead atoms. The second kappa shape index (κ2) is 8.46. The maximum atomic E-state index is 12.1. The molecule has 0 radical (unpaired) electrons. The van der Waals surface area contributed by atoms with Gasteiger partial charge in [0.25, 0.3) is 5.69 Å². The molecule has 0 spiro atoms. The molecule has 0 aliphatic heterocycles. The molecule has 0 fully saturated rings. The number of methoxy groups -OCH3 is 1. The summed E-state index contributed by atoms with van der Waals surface area (Å²) in [5.74, 6) is -0.0340. The Morgan fingerprint density at radius 3 is 2.56 bits per heavy atom. The number of nitro groups is 1. The molecule has 0 saturated carbocycles. The van der Waals surface area contributed by atoms with Gasteiger partial charge in [-0.1, -0.05) is 23.7 Å². The average Bonchev–Trinajstić information content (AvgIpc) is 2.60. The molecule has 8 heteroatoms. The second-order valence-corrected chi connectivity index (χ2v) is 5.78. The van der Waals surface area contributed by atoms with Gasteiger partial charge < -0.3 is 15.4 Å². The van der Waals surface area contributed by atoms with E-state index >= 15 is 0 Å². The highest BCUT2D eigenvalue weighted by Crippen LogP contribution is 2.28. The van der Waals surface area contributed by atoms with E-state index in [0.29, 0.717) is 10.8 Å². The summed E-state index contributed by atoms with van der Waals surface area (Å²) in [4.78, 5) is 22.6. The van der Waals surface area contributed by atoms with Gasteiger partial charge in [-0.15, -0.1) is 0 Å². The van der Waals surface area contributed by atoms with E-state index in [1.807, 2.05) is 19.1 Å². The minimum absolute atomic E-state index is 0.00692. The molecule has 2 N–H and O–H groups in total. The predicted octanol–water partition coefficient (Wildman–Crippen LogP) is 3.55. The van der Waals surface area contributed by atoms with Crippen molar-refractivity contribution in [1.82, 2.24) is 5.32 Å². The number of benzene rings is 2. The molecule has 2 aromatic rings. The van der Waals surface area contributed by atoms with E-state index < -0.39 is 4.92 Å². The van der Waals surface area contributed by atoms with Crippen molar-refractivity contribution in [2.45, 2.75) is 13.0 Å². The van der Waals surface area contributed by atoms with Crippen LogP contribution in [0.3, 0.4) is 0 Å². The van der Waals surface area contributed by atoms with Crippen LogP contribution in [0, 0.1) is 10.1 Å². The lowest BCUT2D eigenvalue weighted by molar-refractivity contribution is -0.384. The number of amides is 1. The van der Waals surface area contributed by atoms with E-state index in [1.54, 1.807) is 18.2 Å². The lowest BCUT2D eigenvalue weighted by Gasteiger charge is -2.14. The van der Waals surface area contributed by atoms with Crippen LogP contribution in [-0.2, 0) is 4.79 Å². The fraction of sp³-hybridized carbons (Fsp3) is 0.235. The highest BCUT2D eigenvalue weighted by molar-refractivity contribution is 6.30. The summed E-state index contributed by atoms with van der Waals surface area (Å²) in [6, 6.07) is 11.5. The van der Waals surface area contributed by atoms with Crippen LogP contribution in [0.25, 0.3) is 0 Å². The molecule has 0 aromatic heterocycles. The third-order valence-electron chi connectivity index (χ3n) is 3.61. The number of hydrogen-bond donors (Lipinski definition) is 2. The Balaban J connectivity index is 1.98. The van der Waals surface area contributed by atoms with Crippen LogP contribution in [0.2, 0.25) is 5.02 Å². The van der Waals surface area contributed by atoms with Crippen LogP contribution in [-0.4, -0.2) is 24.5 Å². The number of rotatable bonds is 7. The van der Waals surface area contributed by atoms with E-state index in [1.165, 1.54) is 19.2 Å². The van der Waals surface area contributed by atoms with Gasteiger partial charge in [0.1, 0.15) is 11.4 Å². The van der Waals surface area contributed by atoms with Crippen LogP contribution in [0.5, 0.6) is 5.75 Å². The average molecular weight is 364 g/mol. The standard InChI is InChI=1S/C17H18ClN3O4/c1-11(12-3-5-13(18)6-4-12)19-10-17(22)20-15-8-7-14(25-2)9-16(15)21(23)24/h3-9,11,19H,10H2,1-2H3,(H,20,22). The van der Waals surface area contributed by atoms with Crippen molar-refractivity contribution in [3.8, 4) is 5.75 Å². The summed E-state index contributed by atoms with van der Waals surface area (Å²) in [7, 11) is 1.42. The third kappa shape index (κ3) is 5.17. The fourth-order valence-corrected chi connectivity index (χ4v) is 2.33. The fourth-order valence-electron chi connectivity index (χ4n) is 2.20. The number of hydrogen-bond acceptors (Lipinski definition) is 5. The quantitative estimate of drug-likeness (QED) is 0.579. The topological polar surface area (TPSA) is 93.5 Å². The summed E-state index contributed by atoms with van der Waals surface area (Å²) < 4.78 is 4.96. The molecule has 0 aliphatic carbocycles. The first-order valence-electron chi connectivity index (χ1n) is 7.52. The van der Waals surface area contributed by atoms with Gasteiger partial charge in [0, 0.05) is 11.1 Å². The molecule has 0 saturated heterocycles. The Hall–Kier alpha value is -2.64. The monoisotopic (exact) mass is 363 g/mol. The zero-order chi connectivity index (χ0) is 18.4. The smallest absolute Gasteiger partial charge is 0.296 e. The van der Waals surface area contributed by atoms with E-state index in [2.05, 4.69) is 10.6 Å². The van der Waals surface area contributed by atoms with Crippen LogP contribution in [0.1, 0.15) is 18.5 Å². The molecular weight excluding hydrogens is 346 g/mol. The molecule has 2 rings (SSSR count). The zero-order valence-electron chi connectivity index (χ0n) is 13.8. The van der Waals surface area contributed by atoms with Crippen molar-refractivity contribution in [2.24, 2.45) is 0 Å². The van der Waals surface area contributed by atoms with E-state index in [-0.39, 0.29) is 29.9 Å². The van der Waals surface area contributed by atoms with Crippen LogP contribution >= 0.6 is 11.6 Å². The van der Waals surface area contributed by atoms with Crippen molar-refractivity contribution in [1.29, 1.82) is 0 Å². The van der Waals surface area contributed by atoms with Crippen molar-refractivity contribution in [3.05, 3.63) is 63.2 Å². The minimum Gasteiger partial charge on any atom is -0.496 e. The highest BCUT2D eigenvalue weighted by atomic mass is 35.5. The minimum atomic E-state index is -0.568. The zero-order valence-corrected chi connectivity index (χ0v) is 14.5. The van der Waals surface area contributed by atoms with Gasteiger partial charge in [-0.2, -0.15) is 0 Å². The Morgan fingerprint density at radius 1 is 1.28 bits per heavy atom. The van der Waals surface area contributed by atoms with Gasteiger partial charge in [0.05, 0.1) is 24.6 Å². The summed E-state index contributed by atoms with van der Waals surface area (Å²) in [5, 5.41) is 17.4. The highest BCUT2D eigenvalue weighted by Gasteiger charge is 2.17. The molecule has 2 aromatic carbocycles. The first kappa shape index (κ1) is 18.7. The van der Waals surface area contributed by atoms with E-state index in [9.17, 15) is 14.9 Å². The van der Waals surface area contributed by atoms with Gasteiger partial charge in [-0.3, -0.25) is 14.9 Å². The maximum Gasteiger partial charge on any atom is 0.296 e. The molecule has 132 valence electrons. The SMILES string of the molecule is COc1ccc(NC(=O)CNC(C)c2ccc(Cl)cc2)c([N+](=O)[O-])c1. The number of nitrogens with one attached hydrogen (secondary N) is 2. The molecule has 1 unspecified atom stereocenters. The third-order valence-corrected chi connectivity index (χ3v) is 3.87. The Bertz CT molecular complexity index is 765. The lowest BCUT2D eigenvalue weighted by atomic mass is 10.1. The Morgan fingerprint density at radius 2 is 1.96 bits per heavy atom. The maximum absolute atomic E-state index is 12.1. The van der Waals surface area contributed by atoms with Crippen molar-refractivity contribution in [3.63, 3.8) is 0 Å². The summed E-state index contributed by atoms with van der Waals surface area (Å²) in [6.07, 6.45) is 0. The van der Waals surface area contributed by atoms with Gasteiger partial charge in [-0.05, 0) is 36.8 Å². The first-order chi connectivity index (χ1) is 11.9.